The topological polar surface area (TPSA) is 79.4 Å². The van der Waals surface area contributed by atoms with E-state index in [-0.39, 0.29) is 5.91 Å². The molecule has 0 bridgehead atoms. The van der Waals surface area contributed by atoms with Gasteiger partial charge in [0, 0.05) is 38.7 Å². The number of morpholine rings is 1. The summed E-state index contributed by atoms with van der Waals surface area (Å²) in [5.74, 6) is 3.24. The highest BCUT2D eigenvalue weighted by Gasteiger charge is 2.18. The molecule has 138 valence electrons. The maximum Gasteiger partial charge on any atom is 0.220 e. The molecule has 2 N–H and O–H groups in total. The minimum Gasteiger partial charge on any atom is -0.378 e. The second-order valence-electron chi connectivity index (χ2n) is 6.89. The Hall–Kier alpha value is -1.89. The zero-order chi connectivity index (χ0) is 17.5. The van der Waals surface area contributed by atoms with E-state index >= 15 is 0 Å². The molecule has 1 aliphatic carbocycles. The summed E-state index contributed by atoms with van der Waals surface area (Å²) in [6, 6.07) is 1.97. The van der Waals surface area contributed by atoms with Crippen LogP contribution in [0.3, 0.4) is 0 Å². The SMILES string of the molecule is Cc1nc(NCCNC(=O)CC2CCCC2)cc(N2CCOCC2)n1. The molecule has 2 fully saturated rings. The highest BCUT2D eigenvalue weighted by molar-refractivity contribution is 5.76. The van der Waals surface area contributed by atoms with E-state index in [4.69, 9.17) is 4.74 Å². The fourth-order valence-electron chi connectivity index (χ4n) is 3.54. The van der Waals surface area contributed by atoms with Gasteiger partial charge in [0.05, 0.1) is 13.2 Å². The van der Waals surface area contributed by atoms with Crippen LogP contribution in [0, 0.1) is 12.8 Å². The number of carbonyl (C=O) groups is 1. The van der Waals surface area contributed by atoms with E-state index in [0.717, 1.165) is 43.8 Å². The Balaban J connectivity index is 1.42. The van der Waals surface area contributed by atoms with E-state index in [0.29, 0.717) is 25.4 Å². The molecule has 2 heterocycles. The lowest BCUT2D eigenvalue weighted by atomic mass is 10.0. The van der Waals surface area contributed by atoms with Gasteiger partial charge in [0.15, 0.2) is 0 Å². The molecular formula is C18H29N5O2. The molecule has 0 spiro atoms. The van der Waals surface area contributed by atoms with Crippen LogP contribution < -0.4 is 15.5 Å². The largest absolute Gasteiger partial charge is 0.378 e. The molecule has 3 rings (SSSR count). The van der Waals surface area contributed by atoms with E-state index in [1.54, 1.807) is 0 Å². The molecule has 0 radical (unpaired) electrons. The molecule has 1 amide bonds. The summed E-state index contributed by atoms with van der Waals surface area (Å²) >= 11 is 0. The van der Waals surface area contributed by atoms with Crippen molar-refractivity contribution < 1.29 is 9.53 Å². The van der Waals surface area contributed by atoms with E-state index in [1.165, 1.54) is 25.7 Å². The zero-order valence-electron chi connectivity index (χ0n) is 15.1. The summed E-state index contributed by atoms with van der Waals surface area (Å²) in [5, 5.41) is 6.29. The number of carbonyl (C=O) groups excluding carboxylic acids is 1. The number of aryl methyl sites for hydroxylation is 1. The van der Waals surface area contributed by atoms with Crippen LogP contribution in [0.4, 0.5) is 11.6 Å². The molecular weight excluding hydrogens is 318 g/mol. The summed E-state index contributed by atoms with van der Waals surface area (Å²) in [6.07, 6.45) is 5.64. The summed E-state index contributed by atoms with van der Waals surface area (Å²) in [7, 11) is 0. The Morgan fingerprint density at radius 1 is 1.24 bits per heavy atom. The minimum atomic E-state index is 0.168. The highest BCUT2D eigenvalue weighted by Crippen LogP contribution is 2.27. The fourth-order valence-corrected chi connectivity index (χ4v) is 3.54. The van der Waals surface area contributed by atoms with Gasteiger partial charge in [0.25, 0.3) is 0 Å². The lowest BCUT2D eigenvalue weighted by Gasteiger charge is -2.28. The van der Waals surface area contributed by atoms with E-state index in [9.17, 15) is 4.79 Å². The Morgan fingerprint density at radius 3 is 2.76 bits per heavy atom. The Morgan fingerprint density at radius 2 is 2.00 bits per heavy atom. The van der Waals surface area contributed by atoms with Gasteiger partial charge in [-0.1, -0.05) is 12.8 Å². The molecule has 0 unspecified atom stereocenters. The molecule has 1 aromatic heterocycles. The summed E-state index contributed by atoms with van der Waals surface area (Å²) in [4.78, 5) is 23.1. The Labute approximate surface area is 149 Å². The van der Waals surface area contributed by atoms with E-state index in [2.05, 4.69) is 25.5 Å². The Bertz CT molecular complexity index is 569. The van der Waals surface area contributed by atoms with Crippen molar-refractivity contribution in [2.24, 2.45) is 5.92 Å². The van der Waals surface area contributed by atoms with E-state index < -0.39 is 0 Å². The average Bonchev–Trinajstić information content (AvgIpc) is 3.12. The average molecular weight is 347 g/mol. The number of nitrogens with one attached hydrogen (secondary N) is 2. The lowest BCUT2D eigenvalue weighted by Crippen LogP contribution is -2.37. The number of anilines is 2. The van der Waals surface area contributed by atoms with Crippen molar-refractivity contribution in [2.45, 2.75) is 39.0 Å². The third-order valence-corrected chi connectivity index (χ3v) is 4.86. The second kappa shape index (κ2) is 8.99. The van der Waals surface area contributed by atoms with Crippen LogP contribution in [-0.2, 0) is 9.53 Å². The van der Waals surface area contributed by atoms with Crippen LogP contribution in [0.25, 0.3) is 0 Å². The van der Waals surface area contributed by atoms with Crippen molar-refractivity contribution in [2.75, 3.05) is 49.6 Å². The minimum absolute atomic E-state index is 0.168. The predicted octanol–water partition coefficient (Wildman–Crippen LogP) is 1.73. The number of hydrogen-bond donors (Lipinski definition) is 2. The number of ether oxygens (including phenoxy) is 1. The van der Waals surface area contributed by atoms with Crippen molar-refractivity contribution in [1.82, 2.24) is 15.3 Å². The molecule has 0 aromatic carbocycles. The second-order valence-corrected chi connectivity index (χ2v) is 6.89. The van der Waals surface area contributed by atoms with Gasteiger partial charge in [0.1, 0.15) is 17.5 Å². The van der Waals surface area contributed by atoms with Gasteiger partial charge in [-0.2, -0.15) is 0 Å². The third kappa shape index (κ3) is 5.56. The number of aromatic nitrogens is 2. The van der Waals surface area contributed by atoms with Gasteiger partial charge in [0.2, 0.25) is 5.91 Å². The predicted molar refractivity (Wildman–Crippen MR) is 97.9 cm³/mol. The van der Waals surface area contributed by atoms with Crippen molar-refractivity contribution >= 4 is 17.5 Å². The van der Waals surface area contributed by atoms with Crippen molar-refractivity contribution in [3.05, 3.63) is 11.9 Å². The molecule has 25 heavy (non-hydrogen) atoms. The number of hydrogen-bond acceptors (Lipinski definition) is 6. The van der Waals surface area contributed by atoms with Gasteiger partial charge < -0.3 is 20.3 Å². The summed E-state index contributed by atoms with van der Waals surface area (Å²) in [5.41, 5.74) is 0. The van der Waals surface area contributed by atoms with Crippen LogP contribution in [0.2, 0.25) is 0 Å². The first-order valence-electron chi connectivity index (χ1n) is 9.39. The quantitative estimate of drug-likeness (QED) is 0.731. The van der Waals surface area contributed by atoms with Gasteiger partial charge in [-0.05, 0) is 25.7 Å². The molecule has 7 heteroatoms. The van der Waals surface area contributed by atoms with Crippen molar-refractivity contribution in [3.63, 3.8) is 0 Å². The highest BCUT2D eigenvalue weighted by atomic mass is 16.5. The first-order chi connectivity index (χ1) is 12.2. The lowest BCUT2D eigenvalue weighted by molar-refractivity contribution is -0.121. The number of amides is 1. The first kappa shape index (κ1) is 17.9. The maximum atomic E-state index is 11.9. The summed E-state index contributed by atoms with van der Waals surface area (Å²) < 4.78 is 5.39. The van der Waals surface area contributed by atoms with Crippen LogP contribution in [0.5, 0.6) is 0 Å². The van der Waals surface area contributed by atoms with Gasteiger partial charge in [-0.25, -0.2) is 9.97 Å². The van der Waals surface area contributed by atoms with Crippen LogP contribution in [0.15, 0.2) is 6.07 Å². The van der Waals surface area contributed by atoms with Gasteiger partial charge in [-0.3, -0.25) is 4.79 Å². The fraction of sp³-hybridized carbons (Fsp3) is 0.722. The molecule has 2 aliphatic rings. The molecule has 1 aliphatic heterocycles. The van der Waals surface area contributed by atoms with Crippen LogP contribution in [-0.4, -0.2) is 55.3 Å². The van der Waals surface area contributed by atoms with Crippen molar-refractivity contribution in [3.8, 4) is 0 Å². The standard InChI is InChI=1S/C18H29N5O2/c1-14-21-16(13-17(22-14)23-8-10-25-11-9-23)19-6-7-20-18(24)12-15-4-2-3-5-15/h13,15H,2-12H2,1H3,(H,20,24)(H,19,21,22). The van der Waals surface area contributed by atoms with Crippen LogP contribution >= 0.6 is 0 Å². The molecule has 7 nitrogen and oxygen atoms in total. The van der Waals surface area contributed by atoms with Gasteiger partial charge >= 0.3 is 0 Å². The monoisotopic (exact) mass is 347 g/mol. The third-order valence-electron chi connectivity index (χ3n) is 4.86. The van der Waals surface area contributed by atoms with Crippen LogP contribution in [0.1, 0.15) is 37.9 Å². The molecule has 1 aromatic rings. The van der Waals surface area contributed by atoms with Gasteiger partial charge in [-0.15, -0.1) is 0 Å². The normalized spacial score (nSPS) is 18.4. The maximum absolute atomic E-state index is 11.9. The number of rotatable bonds is 7. The van der Waals surface area contributed by atoms with Crippen molar-refractivity contribution in [1.29, 1.82) is 0 Å². The Kier molecular flexibility index (Phi) is 6.44. The molecule has 0 atom stereocenters. The smallest absolute Gasteiger partial charge is 0.220 e. The molecule has 1 saturated heterocycles. The molecule has 1 saturated carbocycles. The zero-order valence-corrected chi connectivity index (χ0v) is 15.1. The van der Waals surface area contributed by atoms with E-state index in [1.807, 2.05) is 13.0 Å². The first-order valence-corrected chi connectivity index (χ1v) is 9.39. The summed E-state index contributed by atoms with van der Waals surface area (Å²) in [6.45, 7) is 6.35. The number of nitrogens with zero attached hydrogens (tertiary/aromatic N) is 3.